The van der Waals surface area contributed by atoms with Crippen LogP contribution >= 0.6 is 0 Å². The minimum atomic E-state index is -3.09. The summed E-state index contributed by atoms with van der Waals surface area (Å²) in [6.45, 7) is -0.312. The molecule has 23 heteroatoms. The number of carboxylic acid groups (broad SMARTS) is 1. The van der Waals surface area contributed by atoms with Crippen molar-refractivity contribution in [2.45, 2.75) is 118 Å². The zero-order valence-electron chi connectivity index (χ0n) is 33.1. The van der Waals surface area contributed by atoms with Crippen molar-refractivity contribution >= 4 is 34.5 Å². The Morgan fingerprint density at radius 2 is 1.49 bits per heavy atom. The molecule has 0 spiro atoms. The Labute approximate surface area is 348 Å². The van der Waals surface area contributed by atoms with E-state index in [9.17, 15) is 65.1 Å². The summed E-state index contributed by atoms with van der Waals surface area (Å²) in [6, 6.07) is 9.14. The normalized spacial score (nSPS) is 35.2. The van der Waals surface area contributed by atoms with Crippen LogP contribution in [-0.4, -0.2) is 200 Å². The number of fused-ring (bicyclic) bond motifs is 1. The van der Waals surface area contributed by atoms with Crippen molar-refractivity contribution in [1.29, 1.82) is 0 Å². The molecule has 14 N–H and O–H groups in total. The van der Waals surface area contributed by atoms with Crippen LogP contribution in [0.25, 0.3) is 10.8 Å². The van der Waals surface area contributed by atoms with Gasteiger partial charge in [-0.05, 0) is 22.9 Å². The van der Waals surface area contributed by atoms with Gasteiger partial charge in [0, 0.05) is 38.9 Å². The lowest BCUT2D eigenvalue weighted by Crippen LogP contribution is -2.71. The first-order valence-corrected chi connectivity index (χ1v) is 19.4. The smallest absolute Gasteiger partial charge is 0.364 e. The summed E-state index contributed by atoms with van der Waals surface area (Å²) in [4.78, 5) is 50.4. The van der Waals surface area contributed by atoms with E-state index in [2.05, 4.69) is 16.0 Å². The molecule has 5 rings (SSSR count). The lowest BCUT2D eigenvalue weighted by molar-refractivity contribution is -0.382. The topological polar surface area (TPSA) is 368 Å². The summed E-state index contributed by atoms with van der Waals surface area (Å²) in [5.74, 6) is -7.11. The summed E-state index contributed by atoms with van der Waals surface area (Å²) in [6.07, 6.45) is -25.3. The summed E-state index contributed by atoms with van der Waals surface area (Å²) < 4.78 is 34.3. The fourth-order valence-electron chi connectivity index (χ4n) is 7.52. The van der Waals surface area contributed by atoms with E-state index in [1.165, 1.54) is 6.07 Å². The molecule has 340 valence electrons. The average Bonchev–Trinajstić information content (AvgIpc) is 3.23. The number of amides is 3. The quantitative estimate of drug-likeness (QED) is 0.0705. The maximum atomic E-state index is 13.1. The standard InChI is InChI=1S/C38H54N4O19/c1-16(45)41-25-21(47)12-38(37(54)55,60-32(25)27(49)22(48)13-40-34(53)20-8-7-18-5-3-4-6-19(18)11-20)61-33-28(50)23(14-43)57-36(30(33)52)59-31-24(15-44)58-35(56-10-9-39)26(29(31)51)42-17(2)46/h3-8,11,21-33,35-36,43-44,47-52H,9-10,12-15,39H2,1-2H3,(H,40,53)(H,41,45)(H,42,46)(H,54,55)/t21-,22+,23+,24+,25+,26+,27+,28-,29+,30+,31+,32+,33-,35+,36-,38-/m0/s1. The summed E-state index contributed by atoms with van der Waals surface area (Å²) in [7, 11) is 0. The van der Waals surface area contributed by atoms with Crippen LogP contribution in [0, 0.1) is 0 Å². The molecule has 3 aliphatic rings. The van der Waals surface area contributed by atoms with E-state index in [0.29, 0.717) is 0 Å². The van der Waals surface area contributed by atoms with Gasteiger partial charge in [-0.3, -0.25) is 14.4 Å². The highest BCUT2D eigenvalue weighted by Gasteiger charge is 2.60. The highest BCUT2D eigenvalue weighted by molar-refractivity contribution is 5.98. The first-order chi connectivity index (χ1) is 28.9. The van der Waals surface area contributed by atoms with Crippen molar-refractivity contribution in [3.05, 3.63) is 48.0 Å². The summed E-state index contributed by atoms with van der Waals surface area (Å²) >= 11 is 0. The van der Waals surface area contributed by atoms with Gasteiger partial charge in [-0.2, -0.15) is 0 Å². The summed E-state index contributed by atoms with van der Waals surface area (Å²) in [5, 5.41) is 108. The maximum Gasteiger partial charge on any atom is 0.364 e. The zero-order chi connectivity index (χ0) is 44.8. The number of rotatable bonds is 17. The number of carbonyl (C=O) groups is 4. The Bertz CT molecular complexity index is 1830. The molecule has 61 heavy (non-hydrogen) atoms. The number of aliphatic hydroxyl groups is 8. The van der Waals surface area contributed by atoms with Crippen molar-refractivity contribution in [3.8, 4) is 0 Å². The van der Waals surface area contributed by atoms with Gasteiger partial charge in [0.25, 0.3) is 11.7 Å². The lowest BCUT2D eigenvalue weighted by Gasteiger charge is -2.51. The fourth-order valence-corrected chi connectivity index (χ4v) is 7.52. The van der Waals surface area contributed by atoms with Crippen molar-refractivity contribution in [1.82, 2.24) is 16.0 Å². The average molecular weight is 871 g/mol. The molecule has 3 amide bonds. The van der Waals surface area contributed by atoms with E-state index in [1.807, 2.05) is 12.1 Å². The van der Waals surface area contributed by atoms with Gasteiger partial charge in [0.2, 0.25) is 11.8 Å². The molecular weight excluding hydrogens is 816 g/mol. The van der Waals surface area contributed by atoms with Gasteiger partial charge in [-0.25, -0.2) is 4.79 Å². The van der Waals surface area contributed by atoms with Gasteiger partial charge in [0.05, 0.1) is 38.1 Å². The van der Waals surface area contributed by atoms with Crippen LogP contribution in [0.5, 0.6) is 0 Å². The molecule has 0 radical (unpaired) electrons. The number of carbonyl (C=O) groups excluding carboxylic acids is 3. The Morgan fingerprint density at radius 3 is 2.11 bits per heavy atom. The second-order valence-corrected chi connectivity index (χ2v) is 15.0. The number of carboxylic acids is 1. The Kier molecular flexibility index (Phi) is 16.5. The Balaban J connectivity index is 1.38. The SMILES string of the molecule is CC(=O)N[C@H]1[C@H](OCCN)O[C@H](CO)[C@@H](O[C@@H]2O[C@H](CO)[C@H](O)[C@H](O[C@]3(C(=O)O)C[C@H](O)[C@@H](NC(C)=O)[C@H]([C@H](O)[C@H](O)CNC(=O)c4ccc5ccccc5c4)O3)[C@H]2O)[C@@H]1O. The number of hydrogen-bond donors (Lipinski definition) is 13. The molecular formula is C38H54N4O19. The van der Waals surface area contributed by atoms with Gasteiger partial charge in [-0.15, -0.1) is 0 Å². The molecule has 3 fully saturated rings. The monoisotopic (exact) mass is 870 g/mol. The van der Waals surface area contributed by atoms with E-state index < -0.39 is 147 Å². The van der Waals surface area contributed by atoms with Gasteiger partial charge < -0.3 is 96.1 Å². The highest BCUT2D eigenvalue weighted by atomic mass is 16.8. The minimum Gasteiger partial charge on any atom is -0.477 e. The molecule has 2 aromatic rings. The van der Waals surface area contributed by atoms with Crippen molar-refractivity contribution in [3.63, 3.8) is 0 Å². The zero-order valence-corrected chi connectivity index (χ0v) is 33.1. The number of aliphatic hydroxyl groups excluding tert-OH is 8. The third kappa shape index (κ3) is 11.0. The van der Waals surface area contributed by atoms with Crippen LogP contribution in [0.1, 0.15) is 30.6 Å². The van der Waals surface area contributed by atoms with Crippen molar-refractivity contribution in [2.75, 3.05) is 32.9 Å². The molecule has 3 aliphatic heterocycles. The van der Waals surface area contributed by atoms with E-state index in [-0.39, 0.29) is 18.7 Å². The third-order valence-electron chi connectivity index (χ3n) is 10.5. The van der Waals surface area contributed by atoms with Crippen LogP contribution in [0.2, 0.25) is 0 Å². The lowest BCUT2D eigenvalue weighted by atomic mass is 9.88. The number of benzene rings is 2. The van der Waals surface area contributed by atoms with Gasteiger partial charge in [0.1, 0.15) is 61.0 Å². The van der Waals surface area contributed by atoms with Crippen LogP contribution in [-0.2, 0) is 42.8 Å². The van der Waals surface area contributed by atoms with Gasteiger partial charge >= 0.3 is 5.97 Å². The second-order valence-electron chi connectivity index (χ2n) is 15.0. The summed E-state index contributed by atoms with van der Waals surface area (Å²) in [5.41, 5.74) is 5.72. The van der Waals surface area contributed by atoms with Gasteiger partial charge in [-0.1, -0.05) is 30.3 Å². The number of hydrogen-bond acceptors (Lipinski definition) is 19. The van der Waals surface area contributed by atoms with E-state index >= 15 is 0 Å². The Hall–Kier alpha value is -4.02. The highest BCUT2D eigenvalue weighted by Crippen LogP contribution is 2.38. The van der Waals surface area contributed by atoms with Crippen LogP contribution in [0.4, 0.5) is 0 Å². The molecule has 0 aliphatic carbocycles. The molecule has 23 nitrogen and oxygen atoms in total. The fraction of sp³-hybridized carbons (Fsp3) is 0.632. The molecule has 2 aromatic carbocycles. The Morgan fingerprint density at radius 1 is 0.852 bits per heavy atom. The van der Waals surface area contributed by atoms with Crippen LogP contribution < -0.4 is 21.7 Å². The molecule has 0 saturated carbocycles. The maximum absolute atomic E-state index is 13.1. The first-order valence-electron chi connectivity index (χ1n) is 19.4. The van der Waals surface area contributed by atoms with Crippen LogP contribution in [0.15, 0.2) is 42.5 Å². The van der Waals surface area contributed by atoms with Crippen LogP contribution in [0.3, 0.4) is 0 Å². The van der Waals surface area contributed by atoms with E-state index in [4.69, 9.17) is 34.2 Å². The van der Waals surface area contributed by atoms with Gasteiger partial charge in [0.15, 0.2) is 12.6 Å². The second kappa shape index (κ2) is 20.9. The molecule has 3 saturated heterocycles. The largest absolute Gasteiger partial charge is 0.477 e. The molecule has 0 unspecified atom stereocenters. The molecule has 0 bridgehead atoms. The number of aliphatic carboxylic acids is 1. The minimum absolute atomic E-state index is 0.0263. The third-order valence-corrected chi connectivity index (χ3v) is 10.5. The molecule has 0 aromatic heterocycles. The predicted molar refractivity (Wildman–Crippen MR) is 204 cm³/mol. The van der Waals surface area contributed by atoms with E-state index in [0.717, 1.165) is 24.6 Å². The first kappa shape index (κ1) is 48.0. The number of nitrogens with one attached hydrogen (secondary N) is 3. The van der Waals surface area contributed by atoms with Crippen molar-refractivity contribution < 1.29 is 93.6 Å². The predicted octanol–water partition coefficient (Wildman–Crippen LogP) is -5.51. The number of ether oxygens (including phenoxy) is 6. The molecule has 3 heterocycles. The van der Waals surface area contributed by atoms with E-state index in [1.54, 1.807) is 24.3 Å². The number of nitrogens with two attached hydrogens (primary N) is 1. The van der Waals surface area contributed by atoms with Crippen molar-refractivity contribution in [2.24, 2.45) is 5.73 Å². The molecule has 16 atom stereocenters.